The summed E-state index contributed by atoms with van der Waals surface area (Å²) < 4.78 is 0. The standard InChI is InChI=1S/C10H8ClNOS/c11-8-1-2-9(12-5-8)10(13)7-3-4-14-6-7/h1-6,10,13H. The Bertz CT molecular complexity index is 399. The van der Waals surface area contributed by atoms with E-state index in [0.29, 0.717) is 10.7 Å². The number of hydrogen-bond acceptors (Lipinski definition) is 3. The number of rotatable bonds is 2. The number of thiophene rings is 1. The van der Waals surface area contributed by atoms with E-state index in [1.165, 1.54) is 6.20 Å². The highest BCUT2D eigenvalue weighted by molar-refractivity contribution is 7.07. The van der Waals surface area contributed by atoms with Crippen LogP contribution in [0.3, 0.4) is 0 Å². The van der Waals surface area contributed by atoms with Crippen LogP contribution in [0.4, 0.5) is 0 Å². The summed E-state index contributed by atoms with van der Waals surface area (Å²) in [6, 6.07) is 5.33. The first-order valence-electron chi connectivity index (χ1n) is 4.09. The predicted octanol–water partition coefficient (Wildman–Crippen LogP) is 2.88. The molecule has 0 radical (unpaired) electrons. The average Bonchev–Trinajstić information content (AvgIpc) is 2.71. The number of aliphatic hydroxyl groups excluding tert-OH is 1. The monoisotopic (exact) mass is 225 g/mol. The van der Waals surface area contributed by atoms with Crippen molar-refractivity contribution < 1.29 is 5.11 Å². The van der Waals surface area contributed by atoms with Crippen molar-refractivity contribution in [1.29, 1.82) is 0 Å². The van der Waals surface area contributed by atoms with Gasteiger partial charge in [0, 0.05) is 6.20 Å². The van der Waals surface area contributed by atoms with Crippen LogP contribution in [0, 0.1) is 0 Å². The molecule has 0 aromatic carbocycles. The van der Waals surface area contributed by atoms with Crippen LogP contribution in [-0.2, 0) is 0 Å². The highest BCUT2D eigenvalue weighted by atomic mass is 35.5. The first kappa shape index (κ1) is 9.65. The molecule has 2 aromatic heterocycles. The number of pyridine rings is 1. The van der Waals surface area contributed by atoms with Gasteiger partial charge in [0.1, 0.15) is 6.10 Å². The largest absolute Gasteiger partial charge is 0.382 e. The zero-order valence-corrected chi connectivity index (χ0v) is 8.79. The van der Waals surface area contributed by atoms with E-state index >= 15 is 0 Å². The summed E-state index contributed by atoms with van der Waals surface area (Å²) in [5.41, 5.74) is 1.48. The lowest BCUT2D eigenvalue weighted by molar-refractivity contribution is 0.216. The molecule has 1 N–H and O–H groups in total. The molecule has 2 rings (SSSR count). The van der Waals surface area contributed by atoms with Crippen LogP contribution in [0.25, 0.3) is 0 Å². The van der Waals surface area contributed by atoms with E-state index in [1.54, 1.807) is 23.5 Å². The maximum atomic E-state index is 9.87. The third-order valence-corrected chi connectivity index (χ3v) is 2.81. The van der Waals surface area contributed by atoms with Gasteiger partial charge in [-0.15, -0.1) is 0 Å². The van der Waals surface area contributed by atoms with Crippen LogP contribution < -0.4 is 0 Å². The summed E-state index contributed by atoms with van der Waals surface area (Å²) in [6.45, 7) is 0. The molecule has 0 saturated heterocycles. The second kappa shape index (κ2) is 4.09. The van der Waals surface area contributed by atoms with Gasteiger partial charge in [-0.25, -0.2) is 0 Å². The molecule has 14 heavy (non-hydrogen) atoms. The number of aliphatic hydroxyl groups is 1. The fourth-order valence-electron chi connectivity index (χ4n) is 1.15. The van der Waals surface area contributed by atoms with Crippen molar-refractivity contribution in [2.24, 2.45) is 0 Å². The SMILES string of the molecule is OC(c1ccsc1)c1ccc(Cl)cn1. The fraction of sp³-hybridized carbons (Fsp3) is 0.100. The molecular formula is C10H8ClNOS. The lowest BCUT2D eigenvalue weighted by atomic mass is 10.1. The summed E-state index contributed by atoms with van der Waals surface area (Å²) in [5, 5.41) is 14.3. The molecular weight excluding hydrogens is 218 g/mol. The molecule has 0 aliphatic rings. The Morgan fingerprint density at radius 1 is 1.36 bits per heavy atom. The topological polar surface area (TPSA) is 33.1 Å². The molecule has 2 nitrogen and oxygen atoms in total. The van der Waals surface area contributed by atoms with Crippen LogP contribution in [0.1, 0.15) is 17.4 Å². The Morgan fingerprint density at radius 2 is 2.21 bits per heavy atom. The van der Waals surface area contributed by atoms with Gasteiger partial charge in [0.2, 0.25) is 0 Å². The Labute approximate surface area is 90.8 Å². The highest BCUT2D eigenvalue weighted by Crippen LogP contribution is 2.22. The Morgan fingerprint density at radius 3 is 2.79 bits per heavy atom. The van der Waals surface area contributed by atoms with Crippen molar-refractivity contribution in [3.8, 4) is 0 Å². The molecule has 0 aliphatic carbocycles. The minimum atomic E-state index is -0.654. The Hall–Kier alpha value is -0.900. The first-order valence-corrected chi connectivity index (χ1v) is 5.41. The fourth-order valence-corrected chi connectivity index (χ4v) is 1.94. The van der Waals surface area contributed by atoms with Crippen molar-refractivity contribution in [3.63, 3.8) is 0 Å². The van der Waals surface area contributed by atoms with E-state index in [4.69, 9.17) is 11.6 Å². The predicted molar refractivity (Wildman–Crippen MR) is 57.6 cm³/mol. The van der Waals surface area contributed by atoms with Crippen molar-refractivity contribution in [3.05, 3.63) is 51.4 Å². The average molecular weight is 226 g/mol. The summed E-state index contributed by atoms with van der Waals surface area (Å²) in [5.74, 6) is 0. The van der Waals surface area contributed by atoms with E-state index in [1.807, 2.05) is 16.8 Å². The van der Waals surface area contributed by atoms with E-state index < -0.39 is 6.10 Å². The van der Waals surface area contributed by atoms with Gasteiger partial charge in [0.05, 0.1) is 10.7 Å². The van der Waals surface area contributed by atoms with Crippen molar-refractivity contribution in [2.75, 3.05) is 0 Å². The third-order valence-electron chi connectivity index (χ3n) is 1.89. The molecule has 72 valence electrons. The van der Waals surface area contributed by atoms with Gasteiger partial charge < -0.3 is 5.11 Å². The second-order valence-corrected chi connectivity index (χ2v) is 4.08. The summed E-state index contributed by atoms with van der Waals surface area (Å²) in [6.07, 6.45) is 0.880. The van der Waals surface area contributed by atoms with E-state index in [0.717, 1.165) is 5.56 Å². The minimum absolute atomic E-state index is 0.575. The van der Waals surface area contributed by atoms with E-state index in [-0.39, 0.29) is 0 Å². The molecule has 0 fully saturated rings. The van der Waals surface area contributed by atoms with Crippen LogP contribution in [0.2, 0.25) is 5.02 Å². The molecule has 0 saturated carbocycles. The first-order chi connectivity index (χ1) is 6.77. The lowest BCUT2D eigenvalue weighted by Gasteiger charge is -2.07. The van der Waals surface area contributed by atoms with Crippen LogP contribution in [-0.4, -0.2) is 10.1 Å². The van der Waals surface area contributed by atoms with Crippen LogP contribution >= 0.6 is 22.9 Å². The summed E-state index contributed by atoms with van der Waals surface area (Å²) in [7, 11) is 0. The van der Waals surface area contributed by atoms with Crippen molar-refractivity contribution in [1.82, 2.24) is 4.98 Å². The van der Waals surface area contributed by atoms with Gasteiger partial charge in [-0.05, 0) is 34.5 Å². The molecule has 0 aliphatic heterocycles. The molecule has 0 spiro atoms. The Kier molecular flexibility index (Phi) is 2.82. The zero-order valence-electron chi connectivity index (χ0n) is 7.22. The van der Waals surface area contributed by atoms with Crippen LogP contribution in [0.15, 0.2) is 35.2 Å². The maximum Gasteiger partial charge on any atom is 0.122 e. The number of halogens is 1. The number of nitrogens with zero attached hydrogens (tertiary/aromatic N) is 1. The second-order valence-electron chi connectivity index (χ2n) is 2.86. The maximum absolute atomic E-state index is 9.87. The molecule has 0 amide bonds. The number of hydrogen-bond donors (Lipinski definition) is 1. The van der Waals surface area contributed by atoms with E-state index in [9.17, 15) is 5.11 Å². The zero-order chi connectivity index (χ0) is 9.97. The Balaban J connectivity index is 2.28. The lowest BCUT2D eigenvalue weighted by Crippen LogP contribution is -2.00. The van der Waals surface area contributed by atoms with Gasteiger partial charge in [-0.1, -0.05) is 11.6 Å². The number of aromatic nitrogens is 1. The molecule has 1 unspecified atom stereocenters. The normalized spacial score (nSPS) is 12.7. The van der Waals surface area contributed by atoms with E-state index in [2.05, 4.69) is 4.98 Å². The third kappa shape index (κ3) is 1.95. The van der Waals surface area contributed by atoms with Crippen molar-refractivity contribution in [2.45, 2.75) is 6.10 Å². The molecule has 2 heterocycles. The van der Waals surface area contributed by atoms with Gasteiger partial charge >= 0.3 is 0 Å². The van der Waals surface area contributed by atoms with Gasteiger partial charge in [-0.3, -0.25) is 4.98 Å². The molecule has 1 atom stereocenters. The van der Waals surface area contributed by atoms with Crippen molar-refractivity contribution >= 4 is 22.9 Å². The highest BCUT2D eigenvalue weighted by Gasteiger charge is 2.11. The summed E-state index contributed by atoms with van der Waals surface area (Å²) >= 11 is 7.25. The van der Waals surface area contributed by atoms with Gasteiger partial charge in [0.15, 0.2) is 0 Å². The van der Waals surface area contributed by atoms with Gasteiger partial charge in [0.25, 0.3) is 0 Å². The molecule has 0 bridgehead atoms. The van der Waals surface area contributed by atoms with Gasteiger partial charge in [-0.2, -0.15) is 11.3 Å². The molecule has 2 aromatic rings. The minimum Gasteiger partial charge on any atom is -0.382 e. The molecule has 4 heteroatoms. The quantitative estimate of drug-likeness (QED) is 0.853. The van der Waals surface area contributed by atoms with Crippen LogP contribution in [0.5, 0.6) is 0 Å². The smallest absolute Gasteiger partial charge is 0.122 e. The summed E-state index contributed by atoms with van der Waals surface area (Å²) in [4.78, 5) is 4.06.